The van der Waals surface area contributed by atoms with Crippen LogP contribution >= 0.6 is 0 Å². The number of aromatic hydroxyl groups is 1. The van der Waals surface area contributed by atoms with Gasteiger partial charge in [0.05, 0.1) is 13.0 Å². The molecule has 31 heavy (non-hydrogen) atoms. The summed E-state index contributed by atoms with van der Waals surface area (Å²) in [4.78, 5) is 16.2. The van der Waals surface area contributed by atoms with Crippen LogP contribution in [0.2, 0.25) is 0 Å². The molecule has 0 bridgehead atoms. The molecule has 0 radical (unpaired) electrons. The molecule has 7 heteroatoms. The van der Waals surface area contributed by atoms with E-state index in [1.165, 1.54) is 5.56 Å². The Labute approximate surface area is 183 Å². The van der Waals surface area contributed by atoms with Gasteiger partial charge in [-0.2, -0.15) is 0 Å². The van der Waals surface area contributed by atoms with Gasteiger partial charge in [0.1, 0.15) is 12.4 Å². The zero-order valence-electron chi connectivity index (χ0n) is 18.0. The fourth-order valence-corrected chi connectivity index (χ4v) is 4.52. The van der Waals surface area contributed by atoms with Gasteiger partial charge in [-0.25, -0.2) is 0 Å². The van der Waals surface area contributed by atoms with Gasteiger partial charge in [-0.15, -0.1) is 0 Å². The highest BCUT2D eigenvalue weighted by Gasteiger charge is 2.24. The van der Waals surface area contributed by atoms with Crippen molar-refractivity contribution in [2.24, 2.45) is 11.7 Å². The first-order chi connectivity index (χ1) is 15.0. The molecular formula is C24H31N3O4. The average Bonchev–Trinajstić information content (AvgIpc) is 2.95. The molecule has 0 aliphatic carbocycles. The number of ether oxygens (including phenoxy) is 2. The van der Waals surface area contributed by atoms with Crippen molar-refractivity contribution >= 4 is 5.91 Å². The smallest absolute Gasteiger partial charge is 0.221 e. The normalized spacial score (nSPS) is 19.8. The van der Waals surface area contributed by atoms with Gasteiger partial charge >= 0.3 is 0 Å². The summed E-state index contributed by atoms with van der Waals surface area (Å²) in [5, 5.41) is 10.1. The number of hydrogen-bond donors (Lipinski definition) is 2. The molecule has 3 N–H and O–H groups in total. The maximum atomic E-state index is 11.6. The molecule has 2 aromatic rings. The number of carbonyl (C=O) groups excluding carboxylic acids is 1. The Hall–Kier alpha value is -2.77. The predicted molar refractivity (Wildman–Crippen MR) is 118 cm³/mol. The molecule has 1 unspecified atom stereocenters. The van der Waals surface area contributed by atoms with Crippen LogP contribution in [0.25, 0.3) is 0 Å². The molecule has 0 saturated carbocycles. The van der Waals surface area contributed by atoms with Crippen LogP contribution in [0.5, 0.6) is 17.2 Å². The van der Waals surface area contributed by atoms with Crippen molar-refractivity contribution in [3.8, 4) is 17.2 Å². The molecule has 2 heterocycles. The number of amides is 1. The minimum absolute atomic E-state index is 0.0469. The first kappa shape index (κ1) is 21.5. The zero-order valence-corrected chi connectivity index (χ0v) is 18.0. The fourth-order valence-electron chi connectivity index (χ4n) is 4.52. The first-order valence-corrected chi connectivity index (χ1v) is 10.9. The SMILES string of the molecule is COc1ccc(CN2CCOc3ccc(CN4CCCC(C(N)=O)C4)cc3C2)cc1O. The number of rotatable bonds is 6. The van der Waals surface area contributed by atoms with E-state index < -0.39 is 0 Å². The lowest BCUT2D eigenvalue weighted by Crippen LogP contribution is -2.40. The molecule has 4 rings (SSSR count). The van der Waals surface area contributed by atoms with E-state index in [9.17, 15) is 9.90 Å². The van der Waals surface area contributed by atoms with Gasteiger partial charge in [0.25, 0.3) is 0 Å². The van der Waals surface area contributed by atoms with E-state index in [0.717, 1.165) is 69.0 Å². The van der Waals surface area contributed by atoms with Crippen molar-refractivity contribution in [1.29, 1.82) is 0 Å². The Bertz CT molecular complexity index is 933. The summed E-state index contributed by atoms with van der Waals surface area (Å²) < 4.78 is 11.1. The number of carbonyl (C=O) groups is 1. The van der Waals surface area contributed by atoms with Crippen LogP contribution in [-0.4, -0.2) is 54.2 Å². The number of fused-ring (bicyclic) bond motifs is 1. The predicted octanol–water partition coefficient (Wildman–Crippen LogP) is 2.49. The van der Waals surface area contributed by atoms with E-state index in [4.69, 9.17) is 15.2 Å². The second kappa shape index (κ2) is 9.58. The highest BCUT2D eigenvalue weighted by molar-refractivity contribution is 5.76. The van der Waals surface area contributed by atoms with Gasteiger partial charge in [0.2, 0.25) is 5.91 Å². The van der Waals surface area contributed by atoms with Gasteiger partial charge in [0, 0.05) is 38.3 Å². The lowest BCUT2D eigenvalue weighted by atomic mass is 9.97. The molecule has 0 spiro atoms. The van der Waals surface area contributed by atoms with Crippen molar-refractivity contribution < 1.29 is 19.4 Å². The molecule has 2 aliphatic heterocycles. The third-order valence-corrected chi connectivity index (χ3v) is 6.15. The van der Waals surface area contributed by atoms with Crippen LogP contribution < -0.4 is 15.2 Å². The lowest BCUT2D eigenvalue weighted by Gasteiger charge is -2.31. The number of methoxy groups -OCH3 is 1. The summed E-state index contributed by atoms with van der Waals surface area (Å²) in [6, 6.07) is 11.9. The molecule has 1 fully saturated rings. The number of phenolic OH excluding ortho intramolecular Hbond substituents is 1. The zero-order chi connectivity index (χ0) is 21.8. The maximum Gasteiger partial charge on any atom is 0.221 e. The number of likely N-dealkylation sites (tertiary alicyclic amines) is 1. The summed E-state index contributed by atoms with van der Waals surface area (Å²) >= 11 is 0. The summed E-state index contributed by atoms with van der Waals surface area (Å²) in [7, 11) is 1.55. The lowest BCUT2D eigenvalue weighted by molar-refractivity contribution is -0.123. The van der Waals surface area contributed by atoms with Crippen LogP contribution in [0, 0.1) is 5.92 Å². The third-order valence-electron chi connectivity index (χ3n) is 6.15. The van der Waals surface area contributed by atoms with E-state index in [1.807, 2.05) is 6.07 Å². The summed E-state index contributed by atoms with van der Waals surface area (Å²) in [5.74, 6) is 1.32. The summed E-state index contributed by atoms with van der Waals surface area (Å²) in [6.45, 7) is 5.46. The molecule has 1 atom stereocenters. The minimum Gasteiger partial charge on any atom is -0.504 e. The van der Waals surface area contributed by atoms with E-state index in [1.54, 1.807) is 19.2 Å². The second-order valence-electron chi connectivity index (χ2n) is 8.48. The minimum atomic E-state index is -0.194. The molecule has 0 aromatic heterocycles. The molecule has 1 amide bonds. The van der Waals surface area contributed by atoms with Crippen molar-refractivity contribution in [2.45, 2.75) is 32.5 Å². The molecule has 166 valence electrons. The highest BCUT2D eigenvalue weighted by Crippen LogP contribution is 2.29. The number of piperidine rings is 1. The molecule has 2 aliphatic rings. The average molecular weight is 426 g/mol. The van der Waals surface area contributed by atoms with Crippen molar-refractivity contribution in [2.75, 3.05) is 33.4 Å². The van der Waals surface area contributed by atoms with E-state index in [-0.39, 0.29) is 17.6 Å². The van der Waals surface area contributed by atoms with E-state index in [0.29, 0.717) is 12.4 Å². The number of benzene rings is 2. The largest absolute Gasteiger partial charge is 0.504 e. The number of nitrogens with two attached hydrogens (primary N) is 1. The van der Waals surface area contributed by atoms with Crippen LogP contribution in [-0.2, 0) is 24.4 Å². The Morgan fingerprint density at radius 1 is 1.16 bits per heavy atom. The summed E-state index contributed by atoms with van der Waals surface area (Å²) in [6.07, 6.45) is 1.89. The number of primary amides is 1. The Balaban J connectivity index is 1.44. The molecular weight excluding hydrogens is 394 g/mol. The van der Waals surface area contributed by atoms with Crippen LogP contribution in [0.4, 0.5) is 0 Å². The fraction of sp³-hybridized carbons (Fsp3) is 0.458. The first-order valence-electron chi connectivity index (χ1n) is 10.9. The third kappa shape index (κ3) is 5.29. The molecule has 2 aromatic carbocycles. The van der Waals surface area contributed by atoms with Gasteiger partial charge < -0.3 is 20.3 Å². The van der Waals surface area contributed by atoms with Crippen molar-refractivity contribution in [3.63, 3.8) is 0 Å². The quantitative estimate of drug-likeness (QED) is 0.739. The Morgan fingerprint density at radius 2 is 1.94 bits per heavy atom. The standard InChI is InChI=1S/C24H31N3O4/c1-30-23-7-5-18(12-21(23)28)14-27-9-10-31-22-6-4-17(11-20(22)16-27)13-26-8-2-3-19(15-26)24(25)29/h4-7,11-12,19,28H,2-3,8-10,13-16H2,1H3,(H2,25,29). The van der Waals surface area contributed by atoms with E-state index >= 15 is 0 Å². The topological polar surface area (TPSA) is 88.3 Å². The van der Waals surface area contributed by atoms with Crippen LogP contribution in [0.1, 0.15) is 29.5 Å². The van der Waals surface area contributed by atoms with Gasteiger partial charge in [0.15, 0.2) is 11.5 Å². The van der Waals surface area contributed by atoms with Crippen LogP contribution in [0.15, 0.2) is 36.4 Å². The number of nitrogens with zero attached hydrogens (tertiary/aromatic N) is 2. The van der Waals surface area contributed by atoms with Gasteiger partial charge in [-0.1, -0.05) is 12.1 Å². The van der Waals surface area contributed by atoms with Gasteiger partial charge in [-0.05, 0) is 54.8 Å². The monoisotopic (exact) mass is 425 g/mol. The number of hydrogen-bond acceptors (Lipinski definition) is 6. The molecule has 7 nitrogen and oxygen atoms in total. The summed E-state index contributed by atoms with van der Waals surface area (Å²) in [5.41, 5.74) is 8.94. The Kier molecular flexibility index (Phi) is 6.63. The Morgan fingerprint density at radius 3 is 2.71 bits per heavy atom. The second-order valence-corrected chi connectivity index (χ2v) is 8.48. The van der Waals surface area contributed by atoms with Crippen molar-refractivity contribution in [1.82, 2.24) is 9.80 Å². The maximum absolute atomic E-state index is 11.6. The van der Waals surface area contributed by atoms with Crippen molar-refractivity contribution in [3.05, 3.63) is 53.1 Å². The highest BCUT2D eigenvalue weighted by atomic mass is 16.5. The number of phenols is 1. The van der Waals surface area contributed by atoms with Crippen LogP contribution in [0.3, 0.4) is 0 Å². The van der Waals surface area contributed by atoms with Gasteiger partial charge in [-0.3, -0.25) is 14.6 Å². The molecule has 1 saturated heterocycles. The van der Waals surface area contributed by atoms with E-state index in [2.05, 4.69) is 28.0 Å².